The Labute approximate surface area is 185 Å². The number of piperidine rings is 1. The summed E-state index contributed by atoms with van der Waals surface area (Å²) in [7, 11) is 0. The topological polar surface area (TPSA) is 101 Å². The molecule has 4 heterocycles. The van der Waals surface area contributed by atoms with E-state index in [1.54, 1.807) is 17.1 Å². The Hall–Kier alpha value is -3.75. The molecule has 1 amide bonds. The Bertz CT molecular complexity index is 1210. The molecule has 1 fully saturated rings. The largest absolute Gasteiger partial charge is 0.444 e. The van der Waals surface area contributed by atoms with Crippen molar-refractivity contribution in [2.24, 2.45) is 5.92 Å². The van der Waals surface area contributed by atoms with Gasteiger partial charge in [-0.15, -0.1) is 15.3 Å². The molecule has 1 N–H and O–H groups in total. The van der Waals surface area contributed by atoms with Crippen LogP contribution in [-0.4, -0.2) is 50.3 Å². The second kappa shape index (κ2) is 8.78. The lowest BCUT2D eigenvalue weighted by Gasteiger charge is -2.32. The van der Waals surface area contributed by atoms with E-state index in [1.165, 1.54) is 5.56 Å². The molecule has 9 heteroatoms. The first kappa shape index (κ1) is 20.2. The number of carbonyl (C=O) groups excluding carboxylic acids is 1. The van der Waals surface area contributed by atoms with E-state index in [9.17, 15) is 4.79 Å². The fourth-order valence-electron chi connectivity index (χ4n) is 3.97. The van der Waals surface area contributed by atoms with Crippen LogP contribution in [0.4, 0.5) is 5.82 Å². The molecule has 0 radical (unpaired) electrons. The number of hydrogen-bond donors (Lipinski definition) is 1. The average Bonchev–Trinajstić information content (AvgIpc) is 3.49. The Morgan fingerprint density at radius 2 is 1.97 bits per heavy atom. The molecular formula is C23H25N7O2. The number of oxazole rings is 1. The minimum Gasteiger partial charge on any atom is -0.444 e. The molecule has 0 bridgehead atoms. The minimum atomic E-state index is 0.0188. The zero-order valence-electron chi connectivity index (χ0n) is 17.9. The van der Waals surface area contributed by atoms with Crippen molar-refractivity contribution in [1.29, 1.82) is 0 Å². The number of rotatable bonds is 6. The number of benzene rings is 1. The number of hydrogen-bond acceptors (Lipinski definition) is 7. The Kier molecular flexibility index (Phi) is 5.53. The minimum absolute atomic E-state index is 0.0188. The first-order valence-electron chi connectivity index (χ1n) is 10.9. The standard InChI is InChI=1S/C23H25N7O2/c1-16-2-4-18(5-3-16)23-26-19(14-32-23)8-11-24-22(31)17-9-12-29(13-10-17)21-7-6-20-27-25-15-30(20)28-21/h2-7,14-15,17H,8-13H2,1H3,(H,24,31). The molecule has 0 atom stereocenters. The highest BCUT2D eigenvalue weighted by molar-refractivity contribution is 5.79. The van der Waals surface area contributed by atoms with Crippen molar-refractivity contribution in [3.05, 3.63) is 60.2 Å². The number of nitrogens with zero attached hydrogens (tertiary/aromatic N) is 6. The molecule has 1 aliphatic heterocycles. The van der Waals surface area contributed by atoms with Crippen molar-refractivity contribution < 1.29 is 9.21 Å². The third-order valence-electron chi connectivity index (χ3n) is 5.87. The van der Waals surface area contributed by atoms with Gasteiger partial charge in [-0.05, 0) is 44.0 Å². The predicted molar refractivity (Wildman–Crippen MR) is 119 cm³/mol. The van der Waals surface area contributed by atoms with E-state index in [0.717, 1.165) is 48.7 Å². The second-order valence-corrected chi connectivity index (χ2v) is 8.14. The van der Waals surface area contributed by atoms with Crippen LogP contribution in [0.3, 0.4) is 0 Å². The molecule has 3 aromatic heterocycles. The van der Waals surface area contributed by atoms with Gasteiger partial charge in [-0.2, -0.15) is 4.52 Å². The van der Waals surface area contributed by atoms with Crippen LogP contribution < -0.4 is 10.2 Å². The summed E-state index contributed by atoms with van der Waals surface area (Å²) in [4.78, 5) is 19.4. The van der Waals surface area contributed by atoms with Gasteiger partial charge >= 0.3 is 0 Å². The lowest BCUT2D eigenvalue weighted by atomic mass is 9.96. The first-order valence-corrected chi connectivity index (χ1v) is 10.9. The summed E-state index contributed by atoms with van der Waals surface area (Å²) < 4.78 is 7.26. The van der Waals surface area contributed by atoms with Crippen LogP contribution >= 0.6 is 0 Å². The van der Waals surface area contributed by atoms with Crippen LogP contribution in [0.25, 0.3) is 17.1 Å². The number of aromatic nitrogens is 5. The highest BCUT2D eigenvalue weighted by Crippen LogP contribution is 2.22. The molecule has 0 saturated carbocycles. The fraction of sp³-hybridized carbons (Fsp3) is 0.348. The number of nitrogens with one attached hydrogen (secondary N) is 1. The van der Waals surface area contributed by atoms with Crippen LogP contribution in [0.5, 0.6) is 0 Å². The van der Waals surface area contributed by atoms with Crippen molar-refractivity contribution >= 4 is 17.4 Å². The van der Waals surface area contributed by atoms with Gasteiger partial charge in [0.1, 0.15) is 18.4 Å². The third kappa shape index (κ3) is 4.32. The Morgan fingerprint density at radius 3 is 2.78 bits per heavy atom. The quantitative estimate of drug-likeness (QED) is 0.501. The normalized spacial score (nSPS) is 14.7. The van der Waals surface area contributed by atoms with Crippen molar-refractivity contribution in [3.63, 3.8) is 0 Å². The lowest BCUT2D eigenvalue weighted by Crippen LogP contribution is -2.41. The maximum Gasteiger partial charge on any atom is 0.226 e. The van der Waals surface area contributed by atoms with Crippen LogP contribution in [-0.2, 0) is 11.2 Å². The molecule has 0 spiro atoms. The number of amides is 1. The van der Waals surface area contributed by atoms with E-state index in [4.69, 9.17) is 4.42 Å². The zero-order chi connectivity index (χ0) is 21.9. The van der Waals surface area contributed by atoms with Gasteiger partial charge in [0.05, 0.1) is 5.69 Å². The smallest absolute Gasteiger partial charge is 0.226 e. The molecule has 164 valence electrons. The summed E-state index contributed by atoms with van der Waals surface area (Å²) in [6.07, 6.45) is 5.50. The summed E-state index contributed by atoms with van der Waals surface area (Å²) in [6, 6.07) is 11.9. The monoisotopic (exact) mass is 431 g/mol. The van der Waals surface area contributed by atoms with Gasteiger partial charge in [0.2, 0.25) is 11.8 Å². The summed E-state index contributed by atoms with van der Waals surface area (Å²) in [5, 5.41) is 15.4. The molecule has 4 aromatic rings. The van der Waals surface area contributed by atoms with Gasteiger partial charge in [0, 0.05) is 37.5 Å². The molecule has 1 saturated heterocycles. The number of anilines is 1. The summed E-state index contributed by atoms with van der Waals surface area (Å²) in [5.41, 5.74) is 3.71. The maximum absolute atomic E-state index is 12.6. The molecule has 1 aromatic carbocycles. The van der Waals surface area contributed by atoms with E-state index >= 15 is 0 Å². The van der Waals surface area contributed by atoms with Crippen LogP contribution in [0, 0.1) is 12.8 Å². The number of carbonyl (C=O) groups is 1. The second-order valence-electron chi connectivity index (χ2n) is 8.14. The van der Waals surface area contributed by atoms with Gasteiger partial charge in [-0.25, -0.2) is 4.98 Å². The SMILES string of the molecule is Cc1ccc(-c2nc(CCNC(=O)C3CCN(c4ccc5nncn5n4)CC3)co2)cc1. The molecule has 1 aliphatic rings. The van der Waals surface area contributed by atoms with Gasteiger partial charge in [0.25, 0.3) is 0 Å². The van der Waals surface area contributed by atoms with Crippen molar-refractivity contribution in [3.8, 4) is 11.5 Å². The molecule has 5 rings (SSSR count). The van der Waals surface area contributed by atoms with Gasteiger partial charge in [-0.3, -0.25) is 4.79 Å². The first-order chi connectivity index (χ1) is 15.7. The Morgan fingerprint density at radius 1 is 1.16 bits per heavy atom. The van der Waals surface area contributed by atoms with Gasteiger partial charge in [-0.1, -0.05) is 17.7 Å². The highest BCUT2D eigenvalue weighted by Gasteiger charge is 2.25. The summed E-state index contributed by atoms with van der Waals surface area (Å²) in [6.45, 7) is 4.18. The third-order valence-corrected chi connectivity index (χ3v) is 5.87. The highest BCUT2D eigenvalue weighted by atomic mass is 16.3. The van der Waals surface area contributed by atoms with E-state index in [2.05, 4.69) is 30.5 Å². The summed E-state index contributed by atoms with van der Waals surface area (Å²) >= 11 is 0. The number of aryl methyl sites for hydroxylation is 1. The molecule has 9 nitrogen and oxygen atoms in total. The van der Waals surface area contributed by atoms with Crippen LogP contribution in [0.15, 0.2) is 53.4 Å². The number of fused-ring (bicyclic) bond motifs is 1. The van der Waals surface area contributed by atoms with Gasteiger partial charge in [0.15, 0.2) is 5.65 Å². The molecule has 0 aliphatic carbocycles. The average molecular weight is 432 g/mol. The van der Waals surface area contributed by atoms with Crippen molar-refractivity contribution in [2.45, 2.75) is 26.2 Å². The van der Waals surface area contributed by atoms with Crippen LogP contribution in [0.2, 0.25) is 0 Å². The van der Waals surface area contributed by atoms with Crippen LogP contribution in [0.1, 0.15) is 24.1 Å². The van der Waals surface area contributed by atoms with E-state index in [0.29, 0.717) is 18.9 Å². The zero-order valence-corrected chi connectivity index (χ0v) is 17.9. The van der Waals surface area contributed by atoms with Crippen molar-refractivity contribution in [1.82, 2.24) is 30.1 Å². The fourth-order valence-corrected chi connectivity index (χ4v) is 3.97. The lowest BCUT2D eigenvalue weighted by molar-refractivity contribution is -0.125. The molecule has 32 heavy (non-hydrogen) atoms. The molecular weight excluding hydrogens is 406 g/mol. The van der Waals surface area contributed by atoms with Gasteiger partial charge < -0.3 is 14.6 Å². The van der Waals surface area contributed by atoms with E-state index < -0.39 is 0 Å². The van der Waals surface area contributed by atoms with E-state index in [1.807, 2.05) is 43.3 Å². The summed E-state index contributed by atoms with van der Waals surface area (Å²) in [5.74, 6) is 1.61. The predicted octanol–water partition coefficient (Wildman–Crippen LogP) is 2.66. The van der Waals surface area contributed by atoms with Crippen molar-refractivity contribution in [2.75, 3.05) is 24.5 Å². The maximum atomic E-state index is 12.6. The van der Waals surface area contributed by atoms with E-state index in [-0.39, 0.29) is 11.8 Å². The Balaban J connectivity index is 1.09. The molecule has 0 unspecified atom stereocenters.